The molecule has 0 aliphatic rings. The second-order valence-corrected chi connectivity index (χ2v) is 2.33. The third-order valence-corrected chi connectivity index (χ3v) is 1.36. The van der Waals surface area contributed by atoms with Gasteiger partial charge in [-0.25, -0.2) is 4.68 Å². The Hall–Kier alpha value is -1.91. The van der Waals surface area contributed by atoms with Gasteiger partial charge >= 0.3 is 0 Å². The van der Waals surface area contributed by atoms with Crippen molar-refractivity contribution in [3.8, 4) is 5.82 Å². The van der Waals surface area contributed by atoms with Gasteiger partial charge in [0.2, 0.25) is 0 Å². The fraction of sp³-hybridized carbons (Fsp3) is 0.125. The molecule has 0 radical (unpaired) electrons. The molecule has 2 aromatic heterocycles. The molecule has 5 heteroatoms. The Kier molecular flexibility index (Phi) is 0.849. The largest absolute Gasteiger partial charge is 0.396 e. The van der Waals surface area contributed by atoms with Crippen molar-refractivity contribution in [2.75, 3.05) is 5.73 Å². The van der Waals surface area contributed by atoms with E-state index in [-0.39, 0.29) is 29.5 Å². The molecule has 0 unspecified atom stereocenters. The van der Waals surface area contributed by atoms with Crippen molar-refractivity contribution in [2.24, 2.45) is 0 Å². The summed E-state index contributed by atoms with van der Waals surface area (Å²) in [5.41, 5.74) is 5.22. The van der Waals surface area contributed by atoms with E-state index in [0.717, 1.165) is 4.68 Å². The number of nitrogens with two attached hydrogens (primary N) is 1. The summed E-state index contributed by atoms with van der Waals surface area (Å²) < 4.78 is 37.4. The molecule has 0 fully saturated rings. The first-order valence-corrected chi connectivity index (χ1v) is 3.47. The minimum absolute atomic E-state index is 0.0725. The van der Waals surface area contributed by atoms with Crippen LogP contribution >= 0.6 is 0 Å². The van der Waals surface area contributed by atoms with Crippen LogP contribution < -0.4 is 5.73 Å². The van der Waals surface area contributed by atoms with Gasteiger partial charge in [0.1, 0.15) is 0 Å². The molecule has 0 aliphatic heterocycles. The van der Waals surface area contributed by atoms with Gasteiger partial charge in [-0.05, 0) is 19.0 Å². The monoisotopic (exact) mass is 180 g/mol. The van der Waals surface area contributed by atoms with Crippen molar-refractivity contribution in [3.05, 3.63) is 30.2 Å². The number of hydrogen-bond acceptors (Lipinski definition) is 4. The molecule has 2 aromatic rings. The van der Waals surface area contributed by atoms with Crippen LogP contribution in [-0.2, 0) is 0 Å². The molecule has 0 saturated heterocycles. The van der Waals surface area contributed by atoms with Crippen molar-refractivity contribution in [3.63, 3.8) is 0 Å². The highest BCUT2D eigenvalue weighted by Gasteiger charge is 1.99. The van der Waals surface area contributed by atoms with E-state index in [2.05, 4.69) is 15.3 Å². The molecule has 5 nitrogen and oxygen atoms in total. The molecule has 0 atom stereocenters. The predicted molar refractivity (Wildman–Crippen MR) is 48.3 cm³/mol. The Labute approximate surface area is 82.2 Å². The van der Waals surface area contributed by atoms with Crippen molar-refractivity contribution in [1.82, 2.24) is 20.0 Å². The summed E-state index contributed by atoms with van der Waals surface area (Å²) in [4.78, 5) is 0. The molecule has 0 saturated carbocycles. The minimum atomic E-state index is -2.33. The highest BCUT2D eigenvalue weighted by Crippen LogP contribution is 2.05. The zero-order valence-corrected chi connectivity index (χ0v) is 6.52. The van der Waals surface area contributed by atoms with Gasteiger partial charge in [-0.15, -0.1) is 5.10 Å². The standard InChI is InChI=1S/C8H9N5/c1-6-2-3-8(12-11-6)13-5-7(9)4-10-13/h2-5H,9H2,1H3/i1D3,4D,5D. The first-order chi connectivity index (χ1) is 8.30. The van der Waals surface area contributed by atoms with Gasteiger partial charge in [0.15, 0.2) is 5.82 Å². The fourth-order valence-corrected chi connectivity index (χ4v) is 0.815. The van der Waals surface area contributed by atoms with E-state index < -0.39 is 6.85 Å². The molecule has 2 rings (SSSR count). The molecule has 2 heterocycles. The second-order valence-electron chi connectivity index (χ2n) is 2.33. The first-order valence-electron chi connectivity index (χ1n) is 5.97. The topological polar surface area (TPSA) is 69.6 Å². The zero-order valence-electron chi connectivity index (χ0n) is 11.5. The molecule has 0 spiro atoms. The average molecular weight is 180 g/mol. The second kappa shape index (κ2) is 2.85. The molecule has 66 valence electrons. The number of hydrogen-bond donors (Lipinski definition) is 1. The van der Waals surface area contributed by atoms with Gasteiger partial charge in [-0.2, -0.15) is 10.2 Å². The van der Waals surface area contributed by atoms with Crippen molar-refractivity contribution >= 4 is 5.69 Å². The third-order valence-electron chi connectivity index (χ3n) is 1.36. The van der Waals surface area contributed by atoms with E-state index >= 15 is 0 Å². The SMILES string of the molecule is [2H]c1nn(-c2ccc(C([2H])([2H])[2H])nn2)c([2H])c1N. The lowest BCUT2D eigenvalue weighted by Crippen LogP contribution is -1.99. The van der Waals surface area contributed by atoms with Crippen LogP contribution in [0.2, 0.25) is 0 Å². The van der Waals surface area contributed by atoms with Crippen LogP contribution in [0, 0.1) is 6.85 Å². The van der Waals surface area contributed by atoms with Gasteiger partial charge in [0, 0.05) is 4.11 Å². The van der Waals surface area contributed by atoms with E-state index in [1.807, 2.05) is 0 Å². The van der Waals surface area contributed by atoms with Crippen LogP contribution in [0.1, 0.15) is 12.5 Å². The third kappa shape index (κ3) is 1.48. The average Bonchev–Trinajstić information content (AvgIpc) is 2.56. The lowest BCUT2D eigenvalue weighted by Gasteiger charge is -1.97. The molecular weight excluding hydrogens is 166 g/mol. The lowest BCUT2D eigenvalue weighted by atomic mass is 10.4. The van der Waals surface area contributed by atoms with Crippen LogP contribution in [0.4, 0.5) is 5.69 Å². The Morgan fingerprint density at radius 3 is 3.00 bits per heavy atom. The van der Waals surface area contributed by atoms with Crippen LogP contribution in [0.3, 0.4) is 0 Å². The van der Waals surface area contributed by atoms with Gasteiger partial charge in [-0.1, -0.05) is 0 Å². The van der Waals surface area contributed by atoms with Gasteiger partial charge in [0.25, 0.3) is 0 Å². The highest BCUT2D eigenvalue weighted by atomic mass is 15.3. The molecule has 13 heavy (non-hydrogen) atoms. The fourth-order valence-electron chi connectivity index (χ4n) is 0.815. The summed E-state index contributed by atoms with van der Waals surface area (Å²) in [7, 11) is 0. The quantitative estimate of drug-likeness (QED) is 0.695. The number of aryl methyl sites for hydroxylation is 1. The molecule has 0 amide bonds. The Morgan fingerprint density at radius 1 is 1.54 bits per heavy atom. The molecule has 2 N–H and O–H groups in total. The summed E-state index contributed by atoms with van der Waals surface area (Å²) in [5, 5.41) is 10.9. The Bertz CT molecular complexity index is 573. The maximum absolute atomic E-state index is 7.61. The number of nitrogen functional groups attached to an aromatic ring is 1. The van der Waals surface area contributed by atoms with E-state index in [9.17, 15) is 0 Å². The van der Waals surface area contributed by atoms with Crippen molar-refractivity contribution in [2.45, 2.75) is 6.85 Å². The van der Waals surface area contributed by atoms with Crippen LogP contribution in [0.25, 0.3) is 5.82 Å². The van der Waals surface area contributed by atoms with Gasteiger partial charge < -0.3 is 5.73 Å². The van der Waals surface area contributed by atoms with E-state index in [1.165, 1.54) is 12.1 Å². The number of nitrogens with zero attached hydrogens (tertiary/aromatic N) is 4. The summed E-state index contributed by atoms with van der Waals surface area (Å²) >= 11 is 0. The predicted octanol–water partition coefficient (Wildman–Crippen LogP) is 0.553. The minimum Gasteiger partial charge on any atom is -0.396 e. The normalized spacial score (nSPS) is 16.8. The maximum atomic E-state index is 7.61. The summed E-state index contributed by atoms with van der Waals surface area (Å²) in [5.74, 6) is 0.137. The van der Waals surface area contributed by atoms with E-state index in [1.54, 1.807) is 0 Å². The lowest BCUT2D eigenvalue weighted by molar-refractivity contribution is 0.806. The Morgan fingerprint density at radius 2 is 2.46 bits per heavy atom. The van der Waals surface area contributed by atoms with Crippen molar-refractivity contribution < 1.29 is 6.85 Å². The van der Waals surface area contributed by atoms with Crippen LogP contribution in [0.5, 0.6) is 0 Å². The summed E-state index contributed by atoms with van der Waals surface area (Å²) in [6.07, 6.45) is -0.419. The number of aromatic nitrogens is 4. The summed E-state index contributed by atoms with van der Waals surface area (Å²) in [6.45, 7) is -2.33. The molecule has 0 aromatic carbocycles. The summed E-state index contributed by atoms with van der Waals surface area (Å²) in [6, 6.07) is 2.63. The number of rotatable bonds is 1. The van der Waals surface area contributed by atoms with Crippen LogP contribution in [-0.4, -0.2) is 20.0 Å². The first kappa shape index (κ1) is 3.87. The molecular formula is C8H9N5. The van der Waals surface area contributed by atoms with Crippen LogP contribution in [0.15, 0.2) is 24.5 Å². The maximum Gasteiger partial charge on any atom is 0.175 e. The van der Waals surface area contributed by atoms with Gasteiger partial charge in [-0.3, -0.25) is 0 Å². The molecule has 0 bridgehead atoms. The van der Waals surface area contributed by atoms with Gasteiger partial charge in [0.05, 0.1) is 26.5 Å². The number of anilines is 1. The zero-order chi connectivity index (χ0) is 13.5. The molecule has 0 aliphatic carbocycles. The smallest absolute Gasteiger partial charge is 0.175 e. The highest BCUT2D eigenvalue weighted by molar-refractivity contribution is 5.34. The van der Waals surface area contributed by atoms with Crippen molar-refractivity contribution in [1.29, 1.82) is 0 Å². The van der Waals surface area contributed by atoms with E-state index in [0.29, 0.717) is 0 Å². The van der Waals surface area contributed by atoms with E-state index in [4.69, 9.17) is 12.6 Å². The Balaban J connectivity index is 2.44.